The number of rotatable bonds is 11. The van der Waals surface area contributed by atoms with E-state index in [1.807, 2.05) is 13.8 Å². The van der Waals surface area contributed by atoms with Crippen molar-refractivity contribution in [3.8, 4) is 0 Å². The molecule has 0 bridgehead atoms. The largest absolute Gasteiger partial charge is 0.481 e. The third kappa shape index (κ3) is 12.6. The highest BCUT2D eigenvalue weighted by molar-refractivity contribution is 5.67. The second-order valence-electron chi connectivity index (χ2n) is 8.47. The number of hydrogen-bond donors (Lipinski definition) is 4. The highest BCUT2D eigenvalue weighted by Crippen LogP contribution is 2.28. The van der Waals surface area contributed by atoms with Crippen LogP contribution in [-0.4, -0.2) is 84.6 Å². The van der Waals surface area contributed by atoms with Gasteiger partial charge in [0.1, 0.15) is 0 Å². The molecule has 2 aliphatic rings. The van der Waals surface area contributed by atoms with Gasteiger partial charge < -0.3 is 39.4 Å². The van der Waals surface area contributed by atoms with Crippen LogP contribution in [-0.2, 0) is 28.5 Å². The molecule has 10 heteroatoms. The lowest BCUT2D eigenvalue weighted by atomic mass is 9.87. The molecule has 198 valence electrons. The first-order valence-corrected chi connectivity index (χ1v) is 11.5. The van der Waals surface area contributed by atoms with Gasteiger partial charge in [0.05, 0.1) is 39.6 Å². The Morgan fingerprint density at radius 3 is 1.24 bits per heavy atom. The smallest absolute Gasteiger partial charge is 0.303 e. The maximum absolute atomic E-state index is 9.90. The molecule has 0 aromatic heterocycles. The minimum atomic E-state index is -0.870. The monoisotopic (exact) mass is 490 g/mol. The lowest BCUT2D eigenvalue weighted by molar-refractivity contribution is -0.215. The molecule has 2 aliphatic heterocycles. The van der Waals surface area contributed by atoms with Gasteiger partial charge >= 0.3 is 11.9 Å². The van der Waals surface area contributed by atoms with E-state index in [2.05, 4.69) is 13.2 Å². The number of aliphatic hydroxyl groups excluding tert-OH is 2. The first-order chi connectivity index (χ1) is 16.1. The van der Waals surface area contributed by atoms with Gasteiger partial charge in [-0.1, -0.05) is 27.0 Å². The molecule has 2 heterocycles. The summed E-state index contributed by atoms with van der Waals surface area (Å²) < 4.78 is 21.3. The SMILES string of the molecule is C=CC1OCC(CC)(CO)CO1.C=CC1OCC(CC)(CO)CO1.O=C(O)CCCCC(=O)O. The van der Waals surface area contributed by atoms with Crippen LogP contribution in [0.15, 0.2) is 25.3 Å². The molecule has 0 unspecified atom stereocenters. The molecule has 0 spiro atoms. The number of aliphatic carboxylic acids is 2. The van der Waals surface area contributed by atoms with Crippen molar-refractivity contribution in [1.29, 1.82) is 0 Å². The van der Waals surface area contributed by atoms with Gasteiger partial charge in [0.2, 0.25) is 0 Å². The number of carboxylic acids is 2. The highest BCUT2D eigenvalue weighted by Gasteiger charge is 2.34. The van der Waals surface area contributed by atoms with E-state index in [0.29, 0.717) is 39.3 Å². The third-order valence-electron chi connectivity index (χ3n) is 5.80. The minimum Gasteiger partial charge on any atom is -0.481 e. The maximum Gasteiger partial charge on any atom is 0.303 e. The van der Waals surface area contributed by atoms with Crippen molar-refractivity contribution in [1.82, 2.24) is 0 Å². The van der Waals surface area contributed by atoms with Gasteiger partial charge in [-0.15, -0.1) is 0 Å². The van der Waals surface area contributed by atoms with E-state index in [9.17, 15) is 9.59 Å². The van der Waals surface area contributed by atoms with Crippen molar-refractivity contribution < 1.29 is 49.0 Å². The van der Waals surface area contributed by atoms with Gasteiger partial charge in [-0.3, -0.25) is 9.59 Å². The molecular formula is C24H42O10. The van der Waals surface area contributed by atoms with Crippen LogP contribution >= 0.6 is 0 Å². The summed E-state index contributed by atoms with van der Waals surface area (Å²) >= 11 is 0. The molecule has 0 aliphatic carbocycles. The number of aliphatic hydroxyl groups is 2. The zero-order valence-corrected chi connectivity index (χ0v) is 20.4. The fourth-order valence-electron chi connectivity index (χ4n) is 2.85. The second-order valence-corrected chi connectivity index (χ2v) is 8.47. The molecule has 4 N–H and O–H groups in total. The van der Waals surface area contributed by atoms with Crippen LogP contribution in [0.25, 0.3) is 0 Å². The fourth-order valence-corrected chi connectivity index (χ4v) is 2.85. The van der Waals surface area contributed by atoms with Crippen LogP contribution in [0, 0.1) is 10.8 Å². The molecule has 2 fully saturated rings. The number of hydrogen-bond acceptors (Lipinski definition) is 8. The predicted molar refractivity (Wildman–Crippen MR) is 125 cm³/mol. The maximum atomic E-state index is 9.90. The Bertz CT molecular complexity index is 527. The number of carbonyl (C=O) groups is 2. The van der Waals surface area contributed by atoms with Gasteiger partial charge in [-0.25, -0.2) is 0 Å². The molecule has 0 radical (unpaired) electrons. The summed E-state index contributed by atoms with van der Waals surface area (Å²) in [6.45, 7) is 13.6. The van der Waals surface area contributed by atoms with E-state index in [0.717, 1.165) is 12.8 Å². The summed E-state index contributed by atoms with van der Waals surface area (Å²) in [5, 5.41) is 34.5. The summed E-state index contributed by atoms with van der Waals surface area (Å²) in [5.41, 5.74) is -0.390. The van der Waals surface area contributed by atoms with Crippen LogP contribution < -0.4 is 0 Å². The van der Waals surface area contributed by atoms with Crippen LogP contribution in [0.3, 0.4) is 0 Å². The Morgan fingerprint density at radius 2 is 1.06 bits per heavy atom. The van der Waals surface area contributed by atoms with Gasteiger partial charge in [0.15, 0.2) is 12.6 Å². The van der Waals surface area contributed by atoms with E-state index in [1.54, 1.807) is 12.2 Å². The Labute approximate surface area is 202 Å². The molecule has 10 nitrogen and oxygen atoms in total. The summed E-state index contributed by atoms with van der Waals surface area (Å²) in [4.78, 5) is 19.8. The Morgan fingerprint density at radius 1 is 0.765 bits per heavy atom. The average Bonchev–Trinajstić information content (AvgIpc) is 2.87. The number of ether oxygens (including phenoxy) is 4. The second kappa shape index (κ2) is 17.6. The van der Waals surface area contributed by atoms with E-state index in [1.165, 1.54) is 0 Å². The van der Waals surface area contributed by atoms with Crippen LogP contribution in [0.5, 0.6) is 0 Å². The number of unbranched alkanes of at least 4 members (excludes halogenated alkanes) is 1. The lowest BCUT2D eigenvalue weighted by Gasteiger charge is -2.37. The van der Waals surface area contributed by atoms with Crippen LogP contribution in [0.4, 0.5) is 0 Å². The molecular weight excluding hydrogens is 448 g/mol. The van der Waals surface area contributed by atoms with Crippen molar-refractivity contribution in [3.63, 3.8) is 0 Å². The standard InChI is InChI=1S/2C9H16O3.C6H10O4/c2*1-3-8-11-6-9(4-2,5-10)7-12-8;7-5(8)3-1-2-4-6(9)10/h2*3,8,10H,1,4-7H2,2H3;1-4H2,(H,7,8)(H,9,10). The predicted octanol–water partition coefficient (Wildman–Crippen LogP) is 2.58. The van der Waals surface area contributed by atoms with Crippen LogP contribution in [0.1, 0.15) is 52.4 Å². The summed E-state index contributed by atoms with van der Waals surface area (Å²) in [7, 11) is 0. The molecule has 2 rings (SSSR count). The van der Waals surface area contributed by atoms with Crippen molar-refractivity contribution in [3.05, 3.63) is 25.3 Å². The Hall–Kier alpha value is -1.82. The van der Waals surface area contributed by atoms with Crippen molar-refractivity contribution >= 4 is 11.9 Å². The Kier molecular flexibility index (Phi) is 16.6. The quantitative estimate of drug-likeness (QED) is 0.251. The van der Waals surface area contributed by atoms with Crippen molar-refractivity contribution in [2.24, 2.45) is 10.8 Å². The van der Waals surface area contributed by atoms with Crippen LogP contribution in [0.2, 0.25) is 0 Å². The molecule has 0 atom stereocenters. The average molecular weight is 491 g/mol. The number of carboxylic acid groups (broad SMARTS) is 2. The molecule has 0 aromatic rings. The molecule has 0 aromatic carbocycles. The summed E-state index contributed by atoms with van der Waals surface area (Å²) in [6.07, 6.45) is 5.41. The lowest BCUT2D eigenvalue weighted by Crippen LogP contribution is -2.43. The van der Waals surface area contributed by atoms with Gasteiger partial charge in [0.25, 0.3) is 0 Å². The zero-order valence-electron chi connectivity index (χ0n) is 20.4. The van der Waals surface area contributed by atoms with Crippen molar-refractivity contribution in [2.45, 2.75) is 65.0 Å². The van der Waals surface area contributed by atoms with Gasteiger partial charge in [-0.05, 0) is 37.8 Å². The van der Waals surface area contributed by atoms with E-state index in [-0.39, 0.29) is 49.5 Å². The first kappa shape index (κ1) is 32.2. The topological polar surface area (TPSA) is 152 Å². The van der Waals surface area contributed by atoms with Crippen molar-refractivity contribution in [2.75, 3.05) is 39.6 Å². The summed E-state index contributed by atoms with van der Waals surface area (Å²) in [6, 6.07) is 0. The van der Waals surface area contributed by atoms with Gasteiger partial charge in [0, 0.05) is 23.7 Å². The minimum absolute atomic E-state index is 0.0628. The molecule has 0 amide bonds. The highest BCUT2D eigenvalue weighted by atomic mass is 16.7. The Balaban J connectivity index is 0.000000484. The third-order valence-corrected chi connectivity index (χ3v) is 5.80. The fraction of sp³-hybridized carbons (Fsp3) is 0.750. The van der Waals surface area contributed by atoms with E-state index in [4.69, 9.17) is 39.4 Å². The zero-order chi connectivity index (χ0) is 26.0. The van der Waals surface area contributed by atoms with Gasteiger partial charge in [-0.2, -0.15) is 0 Å². The normalized spacial score (nSPS) is 28.4. The summed E-state index contributed by atoms with van der Waals surface area (Å²) in [5.74, 6) is -1.74. The van der Waals surface area contributed by atoms with E-state index < -0.39 is 11.9 Å². The molecule has 34 heavy (non-hydrogen) atoms. The van der Waals surface area contributed by atoms with E-state index >= 15 is 0 Å². The molecule has 2 saturated heterocycles. The molecule has 0 saturated carbocycles. The first-order valence-electron chi connectivity index (χ1n) is 11.5.